The van der Waals surface area contributed by atoms with Gasteiger partial charge in [-0.15, -0.1) is 0 Å². The molecule has 0 unspecified atom stereocenters. The maximum absolute atomic E-state index is 12.6. The quantitative estimate of drug-likeness (QED) is 0.266. The molecule has 4 rings (SSSR count). The topological polar surface area (TPSA) is 81.7 Å². The van der Waals surface area contributed by atoms with Crippen molar-refractivity contribution in [3.63, 3.8) is 0 Å². The van der Waals surface area contributed by atoms with Crippen LogP contribution in [0.25, 0.3) is 10.9 Å². The fourth-order valence-electron chi connectivity index (χ4n) is 3.72. The molecule has 7 nitrogen and oxygen atoms in total. The van der Waals surface area contributed by atoms with E-state index in [1.54, 1.807) is 26.5 Å². The second-order valence-corrected chi connectivity index (χ2v) is 8.90. The number of aryl methyl sites for hydroxylation is 1. The van der Waals surface area contributed by atoms with E-state index in [9.17, 15) is 4.79 Å². The predicted octanol–water partition coefficient (Wildman–Crippen LogP) is 7.00. The number of carbonyl (C=O) groups is 1. The molecule has 0 aliphatic heterocycles. The zero-order valence-electron chi connectivity index (χ0n) is 19.9. The summed E-state index contributed by atoms with van der Waals surface area (Å²) in [5.41, 5.74) is 3.30. The van der Waals surface area contributed by atoms with Crippen LogP contribution in [0.2, 0.25) is 0 Å². The highest BCUT2D eigenvalue weighted by Crippen LogP contribution is 2.37. The summed E-state index contributed by atoms with van der Waals surface area (Å²) in [5.74, 6) is 2.47. The van der Waals surface area contributed by atoms with Gasteiger partial charge in [0.05, 0.1) is 25.8 Å². The van der Waals surface area contributed by atoms with Crippen molar-refractivity contribution in [1.82, 2.24) is 10.3 Å². The van der Waals surface area contributed by atoms with E-state index < -0.39 is 0 Å². The lowest BCUT2D eigenvalue weighted by Crippen LogP contribution is -2.31. The van der Waals surface area contributed by atoms with Crippen LogP contribution in [-0.2, 0) is 0 Å². The second-order valence-electron chi connectivity index (χ2n) is 7.99. The summed E-state index contributed by atoms with van der Waals surface area (Å²) in [6.07, 6.45) is 1.68. The van der Waals surface area contributed by atoms with Gasteiger partial charge >= 0.3 is 6.03 Å². The number of anilines is 1. The van der Waals surface area contributed by atoms with Crippen LogP contribution in [0, 0.1) is 6.92 Å². The van der Waals surface area contributed by atoms with Crippen LogP contribution in [0.4, 0.5) is 10.5 Å². The van der Waals surface area contributed by atoms with E-state index in [1.165, 1.54) is 0 Å². The fourth-order valence-corrected chi connectivity index (χ4v) is 4.13. The standard InChI is InChI=1S/C27H26BrN3O4/c1-16-12-20(35-24-10-11-29-23-15-26(34-4)25(33-3)14-21(23)24)8-9-22(16)31-27(32)30-17(2)18-6-5-7-19(28)13-18/h5-15,17H,1-4H3,(H2,30,31,32)/t17-/m1/s1. The Labute approximate surface area is 212 Å². The number of nitrogens with zero attached hydrogens (tertiary/aromatic N) is 1. The number of rotatable bonds is 7. The van der Waals surface area contributed by atoms with Gasteiger partial charge in [0, 0.05) is 27.8 Å². The molecule has 3 aromatic carbocycles. The summed E-state index contributed by atoms with van der Waals surface area (Å²) in [7, 11) is 3.18. The molecule has 0 saturated carbocycles. The zero-order chi connectivity index (χ0) is 24.9. The minimum Gasteiger partial charge on any atom is -0.493 e. The molecule has 4 aromatic rings. The third kappa shape index (κ3) is 5.66. The molecule has 35 heavy (non-hydrogen) atoms. The van der Waals surface area contributed by atoms with Crippen molar-refractivity contribution in [2.45, 2.75) is 19.9 Å². The Balaban J connectivity index is 1.48. The molecule has 2 N–H and O–H groups in total. The Morgan fingerprint density at radius 3 is 2.46 bits per heavy atom. The van der Waals surface area contributed by atoms with Gasteiger partial charge in [-0.3, -0.25) is 4.98 Å². The lowest BCUT2D eigenvalue weighted by molar-refractivity contribution is 0.249. The number of methoxy groups -OCH3 is 2. The van der Waals surface area contributed by atoms with Crippen molar-refractivity contribution in [2.24, 2.45) is 0 Å². The molecule has 0 aliphatic rings. The Morgan fingerprint density at radius 1 is 0.971 bits per heavy atom. The first-order valence-corrected chi connectivity index (χ1v) is 11.8. The number of hydrogen-bond acceptors (Lipinski definition) is 5. The van der Waals surface area contributed by atoms with Crippen molar-refractivity contribution in [3.8, 4) is 23.0 Å². The second kappa shape index (κ2) is 10.7. The highest BCUT2D eigenvalue weighted by molar-refractivity contribution is 9.10. The third-order valence-corrected chi connectivity index (χ3v) is 6.07. The minimum absolute atomic E-state index is 0.147. The molecule has 0 radical (unpaired) electrons. The van der Waals surface area contributed by atoms with Crippen LogP contribution >= 0.6 is 15.9 Å². The summed E-state index contributed by atoms with van der Waals surface area (Å²) < 4.78 is 17.9. The van der Waals surface area contributed by atoms with E-state index in [2.05, 4.69) is 31.5 Å². The van der Waals surface area contributed by atoms with Crippen molar-refractivity contribution < 1.29 is 19.0 Å². The highest BCUT2D eigenvalue weighted by Gasteiger charge is 2.14. The SMILES string of the molecule is COc1cc2nccc(Oc3ccc(NC(=O)N[C@H](C)c4cccc(Br)c4)c(C)c3)c2cc1OC. The molecule has 1 aromatic heterocycles. The normalized spacial score (nSPS) is 11.6. The maximum Gasteiger partial charge on any atom is 0.319 e. The molecule has 0 aliphatic carbocycles. The number of carbonyl (C=O) groups excluding carboxylic acids is 1. The van der Waals surface area contributed by atoms with Gasteiger partial charge in [-0.25, -0.2) is 4.79 Å². The Bertz CT molecular complexity index is 1380. The zero-order valence-corrected chi connectivity index (χ0v) is 21.5. The number of fused-ring (bicyclic) bond motifs is 1. The molecule has 1 atom stereocenters. The molecule has 0 fully saturated rings. The summed E-state index contributed by atoms with van der Waals surface area (Å²) >= 11 is 3.46. The number of benzene rings is 3. The van der Waals surface area contributed by atoms with Gasteiger partial charge in [-0.1, -0.05) is 28.1 Å². The molecular weight excluding hydrogens is 510 g/mol. The monoisotopic (exact) mass is 535 g/mol. The molecule has 8 heteroatoms. The van der Waals surface area contributed by atoms with E-state index in [-0.39, 0.29) is 12.1 Å². The van der Waals surface area contributed by atoms with Crippen LogP contribution in [0.15, 0.2) is 71.3 Å². The molecule has 2 amide bonds. The minimum atomic E-state index is -0.282. The number of urea groups is 1. The van der Waals surface area contributed by atoms with Crippen LogP contribution in [-0.4, -0.2) is 25.2 Å². The number of pyridine rings is 1. The smallest absolute Gasteiger partial charge is 0.319 e. The van der Waals surface area contributed by atoms with Gasteiger partial charge in [0.25, 0.3) is 0 Å². The van der Waals surface area contributed by atoms with E-state index in [1.807, 2.05) is 68.4 Å². The largest absolute Gasteiger partial charge is 0.493 e. The Morgan fingerprint density at radius 2 is 1.74 bits per heavy atom. The molecule has 0 saturated heterocycles. The summed E-state index contributed by atoms with van der Waals surface area (Å²) in [5, 5.41) is 6.68. The van der Waals surface area contributed by atoms with E-state index >= 15 is 0 Å². The average Bonchev–Trinajstić information content (AvgIpc) is 2.85. The first-order chi connectivity index (χ1) is 16.9. The fraction of sp³-hybridized carbons (Fsp3) is 0.185. The van der Waals surface area contributed by atoms with Crippen molar-refractivity contribution >= 4 is 38.6 Å². The van der Waals surface area contributed by atoms with Crippen LogP contribution in [0.5, 0.6) is 23.0 Å². The van der Waals surface area contributed by atoms with Gasteiger partial charge in [0.15, 0.2) is 11.5 Å². The number of nitrogens with one attached hydrogen (secondary N) is 2. The molecule has 1 heterocycles. The third-order valence-electron chi connectivity index (χ3n) is 5.58. The van der Waals surface area contributed by atoms with Gasteiger partial charge in [0.1, 0.15) is 11.5 Å². The van der Waals surface area contributed by atoms with Gasteiger partial charge in [0.2, 0.25) is 0 Å². The number of aromatic nitrogens is 1. The summed E-state index contributed by atoms with van der Waals surface area (Å²) in [6.45, 7) is 3.85. The molecule has 180 valence electrons. The van der Waals surface area contributed by atoms with Gasteiger partial charge < -0.3 is 24.8 Å². The lowest BCUT2D eigenvalue weighted by atomic mass is 10.1. The van der Waals surface area contributed by atoms with Crippen molar-refractivity contribution in [1.29, 1.82) is 0 Å². The van der Waals surface area contributed by atoms with Crippen LogP contribution in [0.1, 0.15) is 24.1 Å². The first-order valence-electron chi connectivity index (χ1n) is 11.0. The van der Waals surface area contributed by atoms with Gasteiger partial charge in [-0.05, 0) is 67.4 Å². The maximum atomic E-state index is 12.6. The van der Waals surface area contributed by atoms with Crippen LogP contribution < -0.4 is 24.8 Å². The van der Waals surface area contributed by atoms with E-state index in [0.29, 0.717) is 28.7 Å². The molecule has 0 spiro atoms. The van der Waals surface area contributed by atoms with Crippen molar-refractivity contribution in [3.05, 3.63) is 82.5 Å². The number of hydrogen-bond donors (Lipinski definition) is 2. The lowest BCUT2D eigenvalue weighted by Gasteiger charge is -2.17. The number of amides is 2. The highest BCUT2D eigenvalue weighted by atomic mass is 79.9. The molecule has 0 bridgehead atoms. The average molecular weight is 536 g/mol. The van der Waals surface area contributed by atoms with Gasteiger partial charge in [-0.2, -0.15) is 0 Å². The van der Waals surface area contributed by atoms with E-state index in [4.69, 9.17) is 14.2 Å². The molecular formula is C27H26BrN3O4. The summed E-state index contributed by atoms with van der Waals surface area (Å²) in [6, 6.07) is 18.4. The number of halogens is 1. The van der Waals surface area contributed by atoms with Crippen molar-refractivity contribution in [2.75, 3.05) is 19.5 Å². The number of ether oxygens (including phenoxy) is 3. The van der Waals surface area contributed by atoms with E-state index in [0.717, 1.165) is 26.5 Å². The Kier molecular flexibility index (Phi) is 7.41. The Hall–Kier alpha value is -3.78. The first kappa shape index (κ1) is 24.3. The van der Waals surface area contributed by atoms with Crippen LogP contribution in [0.3, 0.4) is 0 Å². The predicted molar refractivity (Wildman–Crippen MR) is 141 cm³/mol. The summed E-state index contributed by atoms with van der Waals surface area (Å²) in [4.78, 5) is 17.0.